The second-order valence-corrected chi connectivity index (χ2v) is 5.73. The van der Waals surface area contributed by atoms with Crippen molar-refractivity contribution in [2.45, 2.75) is 6.42 Å². The van der Waals surface area contributed by atoms with E-state index in [1.807, 2.05) is 0 Å². The number of ketones is 1. The SMILES string of the molecule is O=C(Cc1c(F)ccc(Br)c1F)c1c(F)cccc1Br. The van der Waals surface area contributed by atoms with Crippen molar-refractivity contribution in [1.82, 2.24) is 0 Å². The molecule has 0 fully saturated rings. The molecule has 0 spiro atoms. The number of hydrogen-bond acceptors (Lipinski definition) is 1. The summed E-state index contributed by atoms with van der Waals surface area (Å²) < 4.78 is 41.3. The van der Waals surface area contributed by atoms with Crippen LogP contribution in [-0.4, -0.2) is 5.78 Å². The Kier molecular flexibility index (Phi) is 4.65. The smallest absolute Gasteiger partial charge is 0.171 e. The maximum Gasteiger partial charge on any atom is 0.171 e. The van der Waals surface area contributed by atoms with Gasteiger partial charge in [-0.05, 0) is 56.1 Å². The van der Waals surface area contributed by atoms with Gasteiger partial charge in [-0.25, -0.2) is 13.2 Å². The molecule has 0 aromatic heterocycles. The molecule has 0 N–H and O–H groups in total. The minimum atomic E-state index is -0.856. The minimum Gasteiger partial charge on any atom is -0.294 e. The van der Waals surface area contributed by atoms with Crippen LogP contribution in [0.5, 0.6) is 0 Å². The molecule has 2 rings (SSSR count). The molecular weight excluding hydrogens is 401 g/mol. The van der Waals surface area contributed by atoms with Gasteiger partial charge < -0.3 is 0 Å². The highest BCUT2D eigenvalue weighted by Gasteiger charge is 2.20. The predicted octanol–water partition coefficient (Wildman–Crippen LogP) is 5.05. The Morgan fingerprint density at radius 1 is 0.950 bits per heavy atom. The van der Waals surface area contributed by atoms with E-state index in [1.165, 1.54) is 18.2 Å². The Morgan fingerprint density at radius 3 is 2.30 bits per heavy atom. The van der Waals surface area contributed by atoms with Crippen LogP contribution in [0.4, 0.5) is 13.2 Å². The molecule has 0 heterocycles. The molecular formula is C14H7Br2F3O. The molecule has 1 nitrogen and oxygen atoms in total. The number of carbonyl (C=O) groups excluding carboxylic acids is 1. The number of Topliss-reactive ketones (excluding diaryl/α,β-unsaturated/α-hetero) is 1. The van der Waals surface area contributed by atoms with Crippen molar-refractivity contribution in [3.63, 3.8) is 0 Å². The van der Waals surface area contributed by atoms with Gasteiger partial charge >= 0.3 is 0 Å². The fourth-order valence-electron chi connectivity index (χ4n) is 1.74. The molecule has 20 heavy (non-hydrogen) atoms. The Morgan fingerprint density at radius 2 is 1.65 bits per heavy atom. The van der Waals surface area contributed by atoms with E-state index in [0.29, 0.717) is 0 Å². The highest BCUT2D eigenvalue weighted by atomic mass is 79.9. The lowest BCUT2D eigenvalue weighted by molar-refractivity contribution is 0.0986. The quantitative estimate of drug-likeness (QED) is 0.513. The summed E-state index contributed by atoms with van der Waals surface area (Å²) in [5, 5.41) is 0. The van der Waals surface area contributed by atoms with Gasteiger partial charge in [0.15, 0.2) is 5.78 Å². The summed E-state index contributed by atoms with van der Waals surface area (Å²) in [6.45, 7) is 0. The predicted molar refractivity (Wildman–Crippen MR) is 76.2 cm³/mol. The van der Waals surface area contributed by atoms with Crippen molar-refractivity contribution < 1.29 is 18.0 Å². The van der Waals surface area contributed by atoms with Crippen LogP contribution < -0.4 is 0 Å². The molecule has 0 saturated heterocycles. The van der Waals surface area contributed by atoms with E-state index >= 15 is 0 Å². The van der Waals surface area contributed by atoms with Gasteiger partial charge in [0.2, 0.25) is 0 Å². The highest BCUT2D eigenvalue weighted by molar-refractivity contribution is 9.10. The first-order chi connectivity index (χ1) is 9.41. The standard InChI is InChI=1S/C14H7Br2F3O/c15-8-2-1-3-11(18)13(8)12(20)6-7-10(17)5-4-9(16)14(7)19/h1-5H,6H2. The molecule has 0 aliphatic carbocycles. The molecule has 0 bridgehead atoms. The summed E-state index contributed by atoms with van der Waals surface area (Å²) in [6.07, 6.45) is -0.559. The lowest BCUT2D eigenvalue weighted by Gasteiger charge is -2.08. The van der Waals surface area contributed by atoms with Crippen LogP contribution >= 0.6 is 31.9 Å². The van der Waals surface area contributed by atoms with Gasteiger partial charge in [-0.15, -0.1) is 0 Å². The van der Waals surface area contributed by atoms with Crippen LogP contribution in [0.15, 0.2) is 39.3 Å². The lowest BCUT2D eigenvalue weighted by Crippen LogP contribution is -2.10. The third-order valence-corrected chi connectivity index (χ3v) is 3.99. The monoisotopic (exact) mass is 406 g/mol. The third-order valence-electron chi connectivity index (χ3n) is 2.72. The summed E-state index contributed by atoms with van der Waals surface area (Å²) in [5.41, 5.74) is -0.606. The fraction of sp³-hybridized carbons (Fsp3) is 0.0714. The second-order valence-electron chi connectivity index (χ2n) is 4.02. The lowest BCUT2D eigenvalue weighted by atomic mass is 10.0. The van der Waals surface area contributed by atoms with Crippen molar-refractivity contribution in [1.29, 1.82) is 0 Å². The van der Waals surface area contributed by atoms with Gasteiger partial charge in [-0.2, -0.15) is 0 Å². The Bertz CT molecular complexity index is 666. The topological polar surface area (TPSA) is 17.1 Å². The maximum absolute atomic E-state index is 13.8. The Labute approximate surface area is 130 Å². The molecule has 0 atom stereocenters. The zero-order valence-electron chi connectivity index (χ0n) is 9.89. The highest BCUT2D eigenvalue weighted by Crippen LogP contribution is 2.25. The average Bonchev–Trinajstić information content (AvgIpc) is 2.39. The van der Waals surface area contributed by atoms with Gasteiger partial charge in [0.25, 0.3) is 0 Å². The van der Waals surface area contributed by atoms with Crippen molar-refractivity contribution in [3.05, 3.63) is 67.9 Å². The van der Waals surface area contributed by atoms with Gasteiger partial charge in [0, 0.05) is 16.5 Å². The number of hydrogen-bond donors (Lipinski definition) is 0. The van der Waals surface area contributed by atoms with Crippen LogP contribution in [0, 0.1) is 17.5 Å². The fourth-order valence-corrected chi connectivity index (χ4v) is 2.68. The van der Waals surface area contributed by atoms with Gasteiger partial charge in [0.05, 0.1) is 10.0 Å². The van der Waals surface area contributed by atoms with E-state index in [-0.39, 0.29) is 20.1 Å². The summed E-state index contributed by atoms with van der Waals surface area (Å²) in [7, 11) is 0. The molecule has 2 aromatic carbocycles. The molecule has 104 valence electrons. The van der Waals surface area contributed by atoms with E-state index in [9.17, 15) is 18.0 Å². The van der Waals surface area contributed by atoms with E-state index in [4.69, 9.17) is 0 Å². The van der Waals surface area contributed by atoms with E-state index in [1.54, 1.807) is 0 Å². The largest absolute Gasteiger partial charge is 0.294 e. The molecule has 0 aliphatic heterocycles. The van der Waals surface area contributed by atoms with Gasteiger partial charge in [0.1, 0.15) is 17.5 Å². The van der Waals surface area contributed by atoms with Gasteiger partial charge in [-0.1, -0.05) is 6.07 Å². The first-order valence-electron chi connectivity index (χ1n) is 5.51. The van der Waals surface area contributed by atoms with E-state index in [2.05, 4.69) is 31.9 Å². The van der Waals surface area contributed by atoms with E-state index < -0.39 is 29.7 Å². The molecule has 0 unspecified atom stereocenters. The number of carbonyl (C=O) groups is 1. The zero-order chi connectivity index (χ0) is 14.9. The summed E-state index contributed by atoms with van der Waals surface area (Å²) in [5.74, 6) is -3.14. The molecule has 2 aromatic rings. The van der Waals surface area contributed by atoms with Crippen molar-refractivity contribution in [3.8, 4) is 0 Å². The van der Waals surface area contributed by atoms with Crippen LogP contribution in [0.25, 0.3) is 0 Å². The normalized spacial score (nSPS) is 10.7. The summed E-state index contributed by atoms with van der Waals surface area (Å²) in [6, 6.07) is 6.29. The third kappa shape index (κ3) is 2.96. The van der Waals surface area contributed by atoms with Crippen molar-refractivity contribution in [2.24, 2.45) is 0 Å². The summed E-state index contributed by atoms with van der Waals surface area (Å²) >= 11 is 5.97. The molecule has 0 saturated carbocycles. The maximum atomic E-state index is 13.8. The van der Waals surface area contributed by atoms with Crippen LogP contribution in [0.1, 0.15) is 15.9 Å². The van der Waals surface area contributed by atoms with Crippen molar-refractivity contribution in [2.75, 3.05) is 0 Å². The van der Waals surface area contributed by atoms with Crippen LogP contribution in [0.2, 0.25) is 0 Å². The first-order valence-corrected chi connectivity index (χ1v) is 7.10. The first kappa shape index (κ1) is 15.3. The zero-order valence-corrected chi connectivity index (χ0v) is 13.1. The molecule has 6 heteroatoms. The van der Waals surface area contributed by atoms with Crippen LogP contribution in [0.3, 0.4) is 0 Å². The Balaban J connectivity index is 2.41. The van der Waals surface area contributed by atoms with Crippen LogP contribution in [-0.2, 0) is 6.42 Å². The minimum absolute atomic E-state index is 0.0503. The van der Waals surface area contributed by atoms with Gasteiger partial charge in [-0.3, -0.25) is 4.79 Å². The number of rotatable bonds is 3. The van der Waals surface area contributed by atoms with E-state index in [0.717, 1.165) is 12.1 Å². The number of benzene rings is 2. The Hall–Kier alpha value is -1.14. The summed E-state index contributed by atoms with van der Waals surface area (Å²) in [4.78, 5) is 12.1. The average molecular weight is 408 g/mol. The second kappa shape index (κ2) is 6.10. The molecule has 0 amide bonds. The number of halogens is 5. The molecule has 0 radical (unpaired) electrons. The van der Waals surface area contributed by atoms with Crippen molar-refractivity contribution >= 4 is 37.6 Å². The molecule has 0 aliphatic rings.